The first-order valence-corrected chi connectivity index (χ1v) is 10.8. The lowest BCUT2D eigenvalue weighted by Gasteiger charge is -2.15. The van der Waals surface area contributed by atoms with E-state index in [1.54, 1.807) is 22.9 Å². The van der Waals surface area contributed by atoms with Crippen LogP contribution in [-0.4, -0.2) is 34.0 Å². The molecule has 3 aromatic heterocycles. The molecule has 0 atom stereocenters. The maximum atomic E-state index is 12.9. The van der Waals surface area contributed by atoms with Gasteiger partial charge in [0.05, 0.1) is 11.1 Å². The van der Waals surface area contributed by atoms with Gasteiger partial charge >= 0.3 is 0 Å². The zero-order valence-corrected chi connectivity index (χ0v) is 19.9. The summed E-state index contributed by atoms with van der Waals surface area (Å²) in [5.41, 5.74) is 9.04. The van der Waals surface area contributed by atoms with Crippen molar-refractivity contribution >= 4 is 41.0 Å². The SMILES string of the molecule is CCn1c(N)c(C(=O)NC)c(=O)c2ccc(-c3ccc(CCNc4ccccn4)cc3)nc21.Cl. The molecular weight excluding hydrogens is 452 g/mol. The molecule has 176 valence electrons. The molecule has 4 rings (SSSR count). The number of hydrogen-bond donors (Lipinski definition) is 3. The molecule has 9 heteroatoms. The van der Waals surface area contributed by atoms with Gasteiger partial charge in [-0.2, -0.15) is 0 Å². The van der Waals surface area contributed by atoms with Crippen LogP contribution >= 0.6 is 12.4 Å². The molecule has 0 aliphatic heterocycles. The fraction of sp³-hybridized carbons (Fsp3) is 0.200. The van der Waals surface area contributed by atoms with Crippen LogP contribution in [0.5, 0.6) is 0 Å². The topological polar surface area (TPSA) is 115 Å². The van der Waals surface area contributed by atoms with Gasteiger partial charge in [0, 0.05) is 31.9 Å². The second-order valence-corrected chi connectivity index (χ2v) is 7.57. The summed E-state index contributed by atoms with van der Waals surface area (Å²) in [6.45, 7) is 3.15. The summed E-state index contributed by atoms with van der Waals surface area (Å²) in [5, 5.41) is 6.15. The number of aryl methyl sites for hydroxylation is 1. The van der Waals surface area contributed by atoms with Gasteiger partial charge in [-0.05, 0) is 43.2 Å². The van der Waals surface area contributed by atoms with E-state index in [0.717, 1.165) is 30.0 Å². The fourth-order valence-corrected chi connectivity index (χ4v) is 3.80. The highest BCUT2D eigenvalue weighted by Crippen LogP contribution is 2.23. The normalized spacial score (nSPS) is 10.5. The van der Waals surface area contributed by atoms with E-state index in [4.69, 9.17) is 10.7 Å². The molecule has 0 bridgehead atoms. The summed E-state index contributed by atoms with van der Waals surface area (Å²) >= 11 is 0. The number of nitrogen functional groups attached to an aromatic ring is 1. The second kappa shape index (κ2) is 10.8. The number of amides is 1. The van der Waals surface area contributed by atoms with Crippen LogP contribution in [0, 0.1) is 0 Å². The van der Waals surface area contributed by atoms with Crippen LogP contribution in [0.2, 0.25) is 0 Å². The summed E-state index contributed by atoms with van der Waals surface area (Å²) in [7, 11) is 1.47. The monoisotopic (exact) mass is 478 g/mol. The van der Waals surface area contributed by atoms with E-state index in [-0.39, 0.29) is 23.8 Å². The zero-order valence-electron chi connectivity index (χ0n) is 19.0. The molecule has 0 aliphatic carbocycles. The standard InChI is InChI=1S/C25H26N6O2.ClH/c1-3-31-23(26)21(25(33)27-2)22(32)18-11-12-19(30-24(18)31)17-9-7-16(8-10-17)13-15-29-20-6-4-5-14-28-20;/h4-12,14H,3,13,15,26H2,1-2H3,(H,27,33)(H,28,29);1H. The van der Waals surface area contributed by atoms with Gasteiger partial charge < -0.3 is 20.9 Å². The van der Waals surface area contributed by atoms with Crippen molar-refractivity contribution in [3.63, 3.8) is 0 Å². The number of aromatic nitrogens is 3. The van der Waals surface area contributed by atoms with E-state index in [1.165, 1.54) is 12.6 Å². The highest BCUT2D eigenvalue weighted by molar-refractivity contribution is 6.01. The highest BCUT2D eigenvalue weighted by atomic mass is 35.5. The predicted octanol–water partition coefficient (Wildman–Crippen LogP) is 3.50. The number of benzene rings is 1. The molecule has 0 aliphatic rings. The van der Waals surface area contributed by atoms with Crippen molar-refractivity contribution in [1.29, 1.82) is 0 Å². The molecule has 3 heterocycles. The smallest absolute Gasteiger partial charge is 0.258 e. The number of nitrogens with one attached hydrogen (secondary N) is 2. The van der Waals surface area contributed by atoms with Crippen molar-refractivity contribution in [2.24, 2.45) is 0 Å². The van der Waals surface area contributed by atoms with E-state index in [2.05, 4.69) is 27.8 Å². The summed E-state index contributed by atoms with van der Waals surface area (Å²) in [6.07, 6.45) is 2.62. The Morgan fingerprint density at radius 1 is 1.09 bits per heavy atom. The summed E-state index contributed by atoms with van der Waals surface area (Å²) in [4.78, 5) is 34.1. The number of halogens is 1. The van der Waals surface area contributed by atoms with E-state index < -0.39 is 11.3 Å². The van der Waals surface area contributed by atoms with Gasteiger partial charge in [0.2, 0.25) is 5.43 Å². The van der Waals surface area contributed by atoms with Crippen LogP contribution in [0.1, 0.15) is 22.8 Å². The Balaban J connectivity index is 0.00000324. The Bertz CT molecular complexity index is 1350. The first-order chi connectivity index (χ1) is 16.0. The van der Waals surface area contributed by atoms with Crippen LogP contribution in [-0.2, 0) is 13.0 Å². The highest BCUT2D eigenvalue weighted by Gasteiger charge is 2.20. The number of rotatable bonds is 7. The third-order valence-electron chi connectivity index (χ3n) is 5.55. The van der Waals surface area contributed by atoms with Crippen LogP contribution in [0.3, 0.4) is 0 Å². The molecule has 0 radical (unpaired) electrons. The molecule has 8 nitrogen and oxygen atoms in total. The second-order valence-electron chi connectivity index (χ2n) is 7.57. The molecule has 4 aromatic rings. The van der Waals surface area contributed by atoms with Crippen LogP contribution in [0.4, 0.5) is 11.6 Å². The molecule has 34 heavy (non-hydrogen) atoms. The Kier molecular flexibility index (Phi) is 7.86. The van der Waals surface area contributed by atoms with Crippen molar-refractivity contribution in [2.45, 2.75) is 19.9 Å². The molecule has 0 fully saturated rings. The van der Waals surface area contributed by atoms with Gasteiger partial charge in [0.1, 0.15) is 22.8 Å². The first-order valence-electron chi connectivity index (χ1n) is 10.8. The van der Waals surface area contributed by atoms with Crippen LogP contribution < -0.4 is 21.8 Å². The van der Waals surface area contributed by atoms with Gasteiger partial charge in [-0.15, -0.1) is 12.4 Å². The Labute approximate surface area is 203 Å². The Morgan fingerprint density at radius 3 is 2.50 bits per heavy atom. The Morgan fingerprint density at radius 2 is 1.85 bits per heavy atom. The van der Waals surface area contributed by atoms with Crippen molar-refractivity contribution in [1.82, 2.24) is 19.9 Å². The lowest BCUT2D eigenvalue weighted by Crippen LogP contribution is -2.30. The number of anilines is 2. The van der Waals surface area contributed by atoms with Crippen LogP contribution in [0.25, 0.3) is 22.3 Å². The molecule has 0 saturated heterocycles. The molecular formula is C25H27ClN6O2. The maximum absolute atomic E-state index is 12.9. The molecule has 1 amide bonds. The molecule has 0 unspecified atom stereocenters. The quantitative estimate of drug-likeness (QED) is 0.374. The third kappa shape index (κ3) is 4.87. The summed E-state index contributed by atoms with van der Waals surface area (Å²) < 4.78 is 1.70. The first kappa shape index (κ1) is 24.7. The number of nitrogens with zero attached hydrogens (tertiary/aromatic N) is 3. The average Bonchev–Trinajstić information content (AvgIpc) is 2.85. The molecule has 0 saturated carbocycles. The van der Waals surface area contributed by atoms with Gasteiger partial charge in [0.25, 0.3) is 5.91 Å². The van der Waals surface area contributed by atoms with Gasteiger partial charge in [-0.3, -0.25) is 9.59 Å². The summed E-state index contributed by atoms with van der Waals surface area (Å²) in [5.74, 6) is 0.476. The van der Waals surface area contributed by atoms with Crippen molar-refractivity contribution in [3.8, 4) is 11.3 Å². The largest absolute Gasteiger partial charge is 0.384 e. The van der Waals surface area contributed by atoms with Crippen molar-refractivity contribution in [2.75, 3.05) is 24.6 Å². The predicted molar refractivity (Wildman–Crippen MR) is 139 cm³/mol. The minimum atomic E-state index is -0.501. The summed E-state index contributed by atoms with van der Waals surface area (Å²) in [6, 6.07) is 17.4. The average molecular weight is 479 g/mol. The lowest BCUT2D eigenvalue weighted by atomic mass is 10.1. The fourth-order valence-electron chi connectivity index (χ4n) is 3.80. The maximum Gasteiger partial charge on any atom is 0.258 e. The van der Waals surface area contributed by atoms with E-state index in [0.29, 0.717) is 17.6 Å². The van der Waals surface area contributed by atoms with E-state index in [9.17, 15) is 9.59 Å². The van der Waals surface area contributed by atoms with Crippen molar-refractivity contribution < 1.29 is 4.79 Å². The number of pyridine rings is 3. The number of carbonyl (C=O) groups excluding carboxylic acids is 1. The van der Waals surface area contributed by atoms with Crippen molar-refractivity contribution in [3.05, 3.63) is 82.1 Å². The third-order valence-corrected chi connectivity index (χ3v) is 5.55. The molecule has 1 aromatic carbocycles. The lowest BCUT2D eigenvalue weighted by molar-refractivity contribution is 0.0962. The minimum Gasteiger partial charge on any atom is -0.384 e. The number of nitrogens with two attached hydrogens (primary N) is 1. The molecule has 0 spiro atoms. The van der Waals surface area contributed by atoms with E-state index >= 15 is 0 Å². The van der Waals surface area contributed by atoms with Crippen LogP contribution in [0.15, 0.2) is 65.6 Å². The number of fused-ring (bicyclic) bond motifs is 1. The number of carbonyl (C=O) groups is 1. The minimum absolute atomic E-state index is 0. The van der Waals surface area contributed by atoms with Gasteiger partial charge in [-0.25, -0.2) is 9.97 Å². The van der Waals surface area contributed by atoms with E-state index in [1.807, 2.05) is 37.3 Å². The zero-order chi connectivity index (χ0) is 23.4. The number of hydrogen-bond acceptors (Lipinski definition) is 6. The van der Waals surface area contributed by atoms with Gasteiger partial charge in [-0.1, -0.05) is 30.3 Å². The van der Waals surface area contributed by atoms with Gasteiger partial charge in [0.15, 0.2) is 0 Å². The molecule has 4 N–H and O–H groups in total. The Hall–Kier alpha value is -3.91.